The summed E-state index contributed by atoms with van der Waals surface area (Å²) in [7, 11) is 0. The van der Waals surface area contributed by atoms with E-state index in [1.54, 1.807) is 6.92 Å². The minimum atomic E-state index is -0.797. The smallest absolute Gasteiger partial charge is 0.271 e. The fourth-order valence-corrected chi connectivity index (χ4v) is 4.12. The van der Waals surface area contributed by atoms with Gasteiger partial charge in [0.2, 0.25) is 5.91 Å². The number of nitrogens with zero attached hydrogens (tertiary/aromatic N) is 2. The van der Waals surface area contributed by atoms with Crippen molar-refractivity contribution in [1.82, 2.24) is 10.3 Å². The van der Waals surface area contributed by atoms with Gasteiger partial charge in [0.05, 0.1) is 5.69 Å². The van der Waals surface area contributed by atoms with Crippen molar-refractivity contribution in [3.05, 3.63) is 40.4 Å². The average molecular weight is 393 g/mol. The highest BCUT2D eigenvalue weighted by Gasteiger charge is 2.40. The highest BCUT2D eigenvalue weighted by molar-refractivity contribution is 7.16. The molecule has 2 aromatic rings. The zero-order chi connectivity index (χ0) is 19.9. The van der Waals surface area contributed by atoms with Crippen molar-refractivity contribution in [3.63, 3.8) is 0 Å². The van der Waals surface area contributed by atoms with Gasteiger partial charge in [0.15, 0.2) is 5.13 Å². The van der Waals surface area contributed by atoms with Gasteiger partial charge in [-0.15, -0.1) is 11.3 Å². The third-order valence-electron chi connectivity index (χ3n) is 4.94. The molecule has 0 aliphatic heterocycles. The van der Waals surface area contributed by atoms with E-state index in [1.165, 1.54) is 6.92 Å². The Kier molecular flexibility index (Phi) is 5.03. The average Bonchev–Trinajstić information content (AvgIpc) is 2.91. The van der Waals surface area contributed by atoms with E-state index in [9.17, 15) is 18.4 Å². The van der Waals surface area contributed by atoms with Crippen LogP contribution in [0.15, 0.2) is 18.2 Å². The first-order chi connectivity index (χ1) is 12.6. The quantitative estimate of drug-likeness (QED) is 0.841. The second-order valence-electron chi connectivity index (χ2n) is 7.44. The molecule has 0 radical (unpaired) electrons. The minimum Gasteiger partial charge on any atom is -0.347 e. The molecule has 1 N–H and O–H groups in total. The molecule has 0 spiro atoms. The van der Waals surface area contributed by atoms with Crippen molar-refractivity contribution in [2.24, 2.45) is 5.41 Å². The number of nitrogens with one attached hydrogen (secondary N) is 1. The maximum atomic E-state index is 13.6. The van der Waals surface area contributed by atoms with E-state index in [4.69, 9.17) is 0 Å². The topological polar surface area (TPSA) is 62.3 Å². The first-order valence-corrected chi connectivity index (χ1v) is 9.45. The van der Waals surface area contributed by atoms with Gasteiger partial charge in [0, 0.05) is 23.9 Å². The summed E-state index contributed by atoms with van der Waals surface area (Å²) in [6.07, 6.45) is 1.96. The molecule has 1 atom stereocenters. The summed E-state index contributed by atoms with van der Waals surface area (Å²) in [6.45, 7) is 7.19. The number of benzene rings is 1. The number of halogens is 2. The van der Waals surface area contributed by atoms with Gasteiger partial charge in [-0.3, -0.25) is 14.5 Å². The molecule has 8 heteroatoms. The molecule has 0 bridgehead atoms. The summed E-state index contributed by atoms with van der Waals surface area (Å²) in [6, 6.07) is 2.92. The molecular weight excluding hydrogens is 372 g/mol. The third-order valence-corrected chi connectivity index (χ3v) is 5.89. The Morgan fingerprint density at radius 1 is 1.26 bits per heavy atom. The van der Waals surface area contributed by atoms with E-state index in [-0.39, 0.29) is 33.9 Å². The van der Waals surface area contributed by atoms with Gasteiger partial charge in [0.25, 0.3) is 5.91 Å². The number of anilines is 2. The molecule has 1 saturated carbocycles. The monoisotopic (exact) mass is 393 g/mol. The van der Waals surface area contributed by atoms with Crippen molar-refractivity contribution in [2.45, 2.75) is 46.6 Å². The molecule has 0 saturated heterocycles. The maximum absolute atomic E-state index is 13.6. The Morgan fingerprint density at radius 3 is 2.37 bits per heavy atom. The summed E-state index contributed by atoms with van der Waals surface area (Å²) in [5.41, 5.74) is 0.300. The van der Waals surface area contributed by atoms with Crippen LogP contribution in [0.25, 0.3) is 0 Å². The predicted octanol–water partition coefficient (Wildman–Crippen LogP) is 4.33. The standard InChI is InChI=1S/C19H21F2N3O2S/c1-10-16(17(26)22-15-5-6-19(15,3)4)23-18(27-10)24(11(2)25)14-8-12(20)7-13(21)9-14/h7-9,15H,5-6H2,1-4H3,(H,22,26)/t15-/m0/s1. The lowest BCUT2D eigenvalue weighted by molar-refractivity contribution is -0.115. The van der Waals surface area contributed by atoms with Crippen molar-refractivity contribution in [3.8, 4) is 0 Å². The van der Waals surface area contributed by atoms with Crippen molar-refractivity contribution < 1.29 is 18.4 Å². The second kappa shape index (κ2) is 6.99. The lowest BCUT2D eigenvalue weighted by atomic mass is 9.67. The fourth-order valence-electron chi connectivity index (χ4n) is 3.14. The van der Waals surface area contributed by atoms with Crippen LogP contribution in [0, 0.1) is 24.0 Å². The summed E-state index contributed by atoms with van der Waals surface area (Å²) in [4.78, 5) is 30.8. The van der Waals surface area contributed by atoms with E-state index < -0.39 is 17.5 Å². The van der Waals surface area contributed by atoms with Crippen LogP contribution < -0.4 is 10.2 Å². The van der Waals surface area contributed by atoms with Gasteiger partial charge in [0.1, 0.15) is 17.3 Å². The van der Waals surface area contributed by atoms with Crippen LogP contribution in [0.1, 0.15) is 49.0 Å². The Labute approximate surface area is 160 Å². The predicted molar refractivity (Wildman–Crippen MR) is 100 cm³/mol. The highest BCUT2D eigenvalue weighted by atomic mass is 32.1. The van der Waals surface area contributed by atoms with E-state index in [1.807, 2.05) is 0 Å². The number of aromatic nitrogens is 1. The number of carbonyl (C=O) groups excluding carboxylic acids is 2. The van der Waals surface area contributed by atoms with Gasteiger partial charge < -0.3 is 5.32 Å². The molecule has 144 valence electrons. The van der Waals surface area contributed by atoms with Crippen LogP contribution >= 0.6 is 11.3 Å². The number of hydrogen-bond donors (Lipinski definition) is 1. The number of carbonyl (C=O) groups is 2. The van der Waals surface area contributed by atoms with Crippen molar-refractivity contribution in [2.75, 3.05) is 4.90 Å². The van der Waals surface area contributed by atoms with Crippen LogP contribution in [0.3, 0.4) is 0 Å². The highest BCUT2D eigenvalue weighted by Crippen LogP contribution is 2.40. The van der Waals surface area contributed by atoms with Gasteiger partial charge >= 0.3 is 0 Å². The maximum Gasteiger partial charge on any atom is 0.271 e. The molecule has 27 heavy (non-hydrogen) atoms. The minimum absolute atomic E-state index is 0.0286. The molecule has 1 aliphatic carbocycles. The molecule has 1 aromatic heterocycles. The van der Waals surface area contributed by atoms with Crippen molar-refractivity contribution >= 4 is 34.0 Å². The van der Waals surface area contributed by atoms with Crippen LogP contribution in [-0.4, -0.2) is 22.8 Å². The summed E-state index contributed by atoms with van der Waals surface area (Å²) < 4.78 is 27.2. The number of rotatable bonds is 4. The van der Waals surface area contributed by atoms with Gasteiger partial charge in [-0.2, -0.15) is 0 Å². The normalized spacial score (nSPS) is 17.9. The van der Waals surface area contributed by atoms with Gasteiger partial charge in [-0.05, 0) is 37.3 Å². The molecule has 3 rings (SSSR count). The largest absolute Gasteiger partial charge is 0.347 e. The third kappa shape index (κ3) is 3.85. The summed E-state index contributed by atoms with van der Waals surface area (Å²) in [5.74, 6) is -2.35. The van der Waals surface area contributed by atoms with E-state index in [0.717, 1.165) is 47.3 Å². The fraction of sp³-hybridized carbons (Fsp3) is 0.421. The number of thiazole rings is 1. The Balaban J connectivity index is 1.91. The van der Waals surface area contributed by atoms with Gasteiger partial charge in [-0.1, -0.05) is 13.8 Å². The molecule has 2 amide bonds. The van der Waals surface area contributed by atoms with Gasteiger partial charge in [-0.25, -0.2) is 13.8 Å². The van der Waals surface area contributed by atoms with E-state index >= 15 is 0 Å². The first-order valence-electron chi connectivity index (χ1n) is 8.63. The zero-order valence-electron chi connectivity index (χ0n) is 15.6. The molecule has 1 heterocycles. The summed E-state index contributed by atoms with van der Waals surface area (Å²) in [5, 5.41) is 3.18. The lowest BCUT2D eigenvalue weighted by Gasteiger charge is -2.44. The van der Waals surface area contributed by atoms with Crippen LogP contribution in [0.5, 0.6) is 0 Å². The second-order valence-corrected chi connectivity index (χ2v) is 8.62. The Hall–Kier alpha value is -2.35. The SMILES string of the molecule is CC(=O)N(c1cc(F)cc(F)c1)c1nc(C(=O)N[C@H]2CCC2(C)C)c(C)s1. The molecule has 1 aliphatic rings. The van der Waals surface area contributed by atoms with E-state index in [0.29, 0.717) is 4.88 Å². The van der Waals surface area contributed by atoms with Crippen LogP contribution in [0.2, 0.25) is 0 Å². The van der Waals surface area contributed by atoms with Crippen LogP contribution in [-0.2, 0) is 4.79 Å². The zero-order valence-corrected chi connectivity index (χ0v) is 16.4. The number of amides is 2. The molecule has 5 nitrogen and oxygen atoms in total. The molecule has 1 fully saturated rings. The molecule has 0 unspecified atom stereocenters. The molecule has 1 aromatic carbocycles. The van der Waals surface area contributed by atoms with Crippen LogP contribution in [0.4, 0.5) is 19.6 Å². The molecular formula is C19H21F2N3O2S. The van der Waals surface area contributed by atoms with Crippen molar-refractivity contribution in [1.29, 1.82) is 0 Å². The summed E-state index contributed by atoms with van der Waals surface area (Å²) >= 11 is 1.13. The number of aryl methyl sites for hydroxylation is 1. The Morgan fingerprint density at radius 2 is 1.89 bits per heavy atom. The lowest BCUT2D eigenvalue weighted by Crippen LogP contribution is -2.52. The van der Waals surface area contributed by atoms with E-state index in [2.05, 4.69) is 24.1 Å². The Bertz CT molecular complexity index is 890. The first kappa shape index (κ1) is 19.4. The number of hydrogen-bond acceptors (Lipinski definition) is 4.